The van der Waals surface area contributed by atoms with Gasteiger partial charge >= 0.3 is 0 Å². The fraction of sp³-hybridized carbons (Fsp3) is 1.00. The molecule has 0 amide bonds. The quantitative estimate of drug-likeness (QED) is 0.765. The molecule has 2 N–H and O–H groups in total. The topological polar surface area (TPSA) is 44.7 Å². The first kappa shape index (κ1) is 14.3. The molecule has 0 aromatic rings. The molecule has 4 nitrogen and oxygen atoms in total. The van der Waals surface area contributed by atoms with Gasteiger partial charge in [0.2, 0.25) is 0 Å². The fourth-order valence-electron chi connectivity index (χ4n) is 3.07. The van der Waals surface area contributed by atoms with Gasteiger partial charge in [-0.15, -0.1) is 0 Å². The van der Waals surface area contributed by atoms with Crippen LogP contribution in [0.15, 0.2) is 0 Å². The normalized spacial score (nSPS) is 32.3. The van der Waals surface area contributed by atoms with Gasteiger partial charge in [-0.2, -0.15) is 0 Å². The first-order valence-electron chi connectivity index (χ1n) is 7.45. The Kier molecular flexibility index (Phi) is 5.89. The van der Waals surface area contributed by atoms with Crippen molar-refractivity contribution in [3.63, 3.8) is 0 Å². The van der Waals surface area contributed by atoms with E-state index >= 15 is 0 Å². The summed E-state index contributed by atoms with van der Waals surface area (Å²) in [6, 6.07) is 0.619. The molecule has 1 saturated heterocycles. The Morgan fingerprint density at radius 3 is 2.83 bits per heavy atom. The molecule has 106 valence electrons. The van der Waals surface area contributed by atoms with Crippen LogP contribution in [0.4, 0.5) is 0 Å². The molecule has 0 bridgehead atoms. The molecule has 1 aliphatic heterocycles. The Labute approximate surface area is 111 Å². The number of β-amino-alcohol motifs (C(OH)–C–C–N with tert-alkyl or cyclic N) is 1. The van der Waals surface area contributed by atoms with E-state index in [1.807, 2.05) is 0 Å². The lowest BCUT2D eigenvalue weighted by atomic mass is 9.87. The van der Waals surface area contributed by atoms with Crippen LogP contribution in [-0.4, -0.2) is 61.5 Å². The molecular weight excluding hydrogens is 228 g/mol. The van der Waals surface area contributed by atoms with E-state index in [-0.39, 0.29) is 6.10 Å². The molecular formula is C14H28N2O2. The lowest BCUT2D eigenvalue weighted by molar-refractivity contribution is 0.0141. The van der Waals surface area contributed by atoms with E-state index in [9.17, 15) is 5.11 Å². The zero-order chi connectivity index (χ0) is 12.8. The zero-order valence-electron chi connectivity index (χ0n) is 11.6. The van der Waals surface area contributed by atoms with Crippen molar-refractivity contribution in [1.82, 2.24) is 10.2 Å². The number of hydrogen-bond donors (Lipinski definition) is 2. The van der Waals surface area contributed by atoms with E-state index in [1.54, 1.807) is 0 Å². The summed E-state index contributed by atoms with van der Waals surface area (Å²) in [6.07, 6.45) is 4.99. The van der Waals surface area contributed by atoms with Crippen LogP contribution in [0.1, 0.15) is 32.6 Å². The number of ether oxygens (including phenoxy) is 1. The minimum atomic E-state index is -0.250. The number of nitrogens with zero attached hydrogens (tertiary/aromatic N) is 1. The van der Waals surface area contributed by atoms with Crippen molar-refractivity contribution < 1.29 is 9.84 Å². The van der Waals surface area contributed by atoms with Crippen LogP contribution in [0.2, 0.25) is 0 Å². The first-order chi connectivity index (χ1) is 8.74. The Morgan fingerprint density at radius 2 is 2.11 bits per heavy atom. The van der Waals surface area contributed by atoms with Crippen LogP contribution in [0.25, 0.3) is 0 Å². The monoisotopic (exact) mass is 256 g/mol. The van der Waals surface area contributed by atoms with Crippen LogP contribution in [0.5, 0.6) is 0 Å². The van der Waals surface area contributed by atoms with Gasteiger partial charge < -0.3 is 15.2 Å². The van der Waals surface area contributed by atoms with Crippen LogP contribution < -0.4 is 5.32 Å². The van der Waals surface area contributed by atoms with Gasteiger partial charge in [0.05, 0.1) is 19.3 Å². The highest BCUT2D eigenvalue weighted by Crippen LogP contribution is 2.23. The molecule has 3 atom stereocenters. The van der Waals surface area contributed by atoms with E-state index < -0.39 is 0 Å². The second kappa shape index (κ2) is 7.43. The van der Waals surface area contributed by atoms with Crippen molar-refractivity contribution in [3.05, 3.63) is 0 Å². The van der Waals surface area contributed by atoms with Crippen molar-refractivity contribution in [2.75, 3.05) is 39.4 Å². The van der Waals surface area contributed by atoms with Crippen molar-refractivity contribution in [2.45, 2.75) is 44.8 Å². The van der Waals surface area contributed by atoms with E-state index in [4.69, 9.17) is 4.74 Å². The molecule has 3 unspecified atom stereocenters. The summed E-state index contributed by atoms with van der Waals surface area (Å²) in [6.45, 7) is 7.36. The standard InChI is InChI=1S/C14H28N2O2/c1-12-3-2-4-13(9-12)15-10-14(17)11-16-5-7-18-8-6-16/h12-15,17H,2-11H2,1H3. The van der Waals surface area contributed by atoms with Crippen LogP contribution in [-0.2, 0) is 4.74 Å². The maximum atomic E-state index is 10.1. The summed E-state index contributed by atoms with van der Waals surface area (Å²) in [4.78, 5) is 2.29. The molecule has 1 aliphatic carbocycles. The summed E-state index contributed by atoms with van der Waals surface area (Å²) < 4.78 is 5.31. The summed E-state index contributed by atoms with van der Waals surface area (Å²) in [7, 11) is 0. The third kappa shape index (κ3) is 4.84. The molecule has 1 heterocycles. The third-order valence-corrected chi connectivity index (χ3v) is 4.15. The van der Waals surface area contributed by atoms with E-state index in [0.29, 0.717) is 6.04 Å². The molecule has 2 rings (SSSR count). The predicted molar refractivity (Wildman–Crippen MR) is 72.7 cm³/mol. The van der Waals surface area contributed by atoms with Gasteiger partial charge in [-0.3, -0.25) is 4.90 Å². The highest BCUT2D eigenvalue weighted by atomic mass is 16.5. The second-order valence-electron chi connectivity index (χ2n) is 5.94. The lowest BCUT2D eigenvalue weighted by Gasteiger charge is -2.31. The van der Waals surface area contributed by atoms with Gasteiger partial charge in [0.15, 0.2) is 0 Å². The van der Waals surface area contributed by atoms with Crippen molar-refractivity contribution in [3.8, 4) is 0 Å². The van der Waals surface area contributed by atoms with Gasteiger partial charge in [0.1, 0.15) is 0 Å². The molecule has 4 heteroatoms. The van der Waals surface area contributed by atoms with Crippen LogP contribution >= 0.6 is 0 Å². The van der Waals surface area contributed by atoms with Gasteiger partial charge in [-0.1, -0.05) is 19.8 Å². The molecule has 2 fully saturated rings. The Bertz CT molecular complexity index is 232. The Balaban J connectivity index is 1.60. The summed E-state index contributed by atoms with van der Waals surface area (Å²) in [5, 5.41) is 13.6. The van der Waals surface area contributed by atoms with Gasteiger partial charge in [-0.05, 0) is 18.8 Å². The molecule has 2 aliphatic rings. The number of morpholine rings is 1. The Morgan fingerprint density at radius 1 is 1.33 bits per heavy atom. The second-order valence-corrected chi connectivity index (χ2v) is 5.94. The van der Waals surface area contributed by atoms with E-state index in [0.717, 1.165) is 45.3 Å². The molecule has 0 radical (unpaired) electrons. The number of aliphatic hydroxyl groups excluding tert-OH is 1. The summed E-state index contributed by atoms with van der Waals surface area (Å²) in [5.41, 5.74) is 0. The van der Waals surface area contributed by atoms with Gasteiger partial charge in [0.25, 0.3) is 0 Å². The average molecular weight is 256 g/mol. The van der Waals surface area contributed by atoms with Crippen molar-refractivity contribution >= 4 is 0 Å². The summed E-state index contributed by atoms with van der Waals surface area (Å²) >= 11 is 0. The third-order valence-electron chi connectivity index (χ3n) is 4.15. The molecule has 0 spiro atoms. The number of hydrogen-bond acceptors (Lipinski definition) is 4. The van der Waals surface area contributed by atoms with Crippen LogP contribution in [0, 0.1) is 5.92 Å². The van der Waals surface area contributed by atoms with Crippen molar-refractivity contribution in [1.29, 1.82) is 0 Å². The minimum Gasteiger partial charge on any atom is -0.390 e. The van der Waals surface area contributed by atoms with Gasteiger partial charge in [-0.25, -0.2) is 0 Å². The fourth-order valence-corrected chi connectivity index (χ4v) is 3.07. The average Bonchev–Trinajstić information content (AvgIpc) is 2.38. The minimum absolute atomic E-state index is 0.250. The van der Waals surface area contributed by atoms with E-state index in [1.165, 1.54) is 25.7 Å². The maximum Gasteiger partial charge on any atom is 0.0791 e. The van der Waals surface area contributed by atoms with Crippen LogP contribution in [0.3, 0.4) is 0 Å². The Hall–Kier alpha value is -0.160. The lowest BCUT2D eigenvalue weighted by Crippen LogP contribution is -2.45. The highest BCUT2D eigenvalue weighted by Gasteiger charge is 2.20. The van der Waals surface area contributed by atoms with E-state index in [2.05, 4.69) is 17.1 Å². The molecule has 1 saturated carbocycles. The highest BCUT2D eigenvalue weighted by molar-refractivity contribution is 4.78. The number of aliphatic hydroxyl groups is 1. The number of rotatable bonds is 5. The largest absolute Gasteiger partial charge is 0.390 e. The maximum absolute atomic E-state index is 10.1. The molecule has 0 aromatic carbocycles. The molecule has 0 aromatic heterocycles. The summed E-state index contributed by atoms with van der Waals surface area (Å²) in [5.74, 6) is 0.840. The SMILES string of the molecule is CC1CCCC(NCC(O)CN2CCOCC2)C1. The molecule has 18 heavy (non-hydrogen) atoms. The van der Waals surface area contributed by atoms with Gasteiger partial charge in [0, 0.05) is 32.2 Å². The number of nitrogens with one attached hydrogen (secondary N) is 1. The van der Waals surface area contributed by atoms with Crippen molar-refractivity contribution in [2.24, 2.45) is 5.92 Å². The first-order valence-corrected chi connectivity index (χ1v) is 7.45. The zero-order valence-corrected chi connectivity index (χ0v) is 11.6. The smallest absolute Gasteiger partial charge is 0.0791 e. The predicted octanol–water partition coefficient (Wildman–Crippen LogP) is 0.848.